The number of anilines is 1. The van der Waals surface area contributed by atoms with Crippen LogP contribution in [0, 0.1) is 11.6 Å². The lowest BCUT2D eigenvalue weighted by Gasteiger charge is -2.11. The zero-order valence-corrected chi connectivity index (χ0v) is 12.2. The van der Waals surface area contributed by atoms with Crippen molar-refractivity contribution in [1.29, 1.82) is 0 Å². The molecule has 1 aromatic carbocycles. The van der Waals surface area contributed by atoms with E-state index in [-0.39, 0.29) is 11.8 Å². The molecule has 1 aromatic rings. The molecule has 108 valence electrons. The molecule has 1 rings (SSSR count). The highest BCUT2D eigenvalue weighted by Crippen LogP contribution is 2.22. The van der Waals surface area contributed by atoms with Crippen molar-refractivity contribution < 1.29 is 17.2 Å². The van der Waals surface area contributed by atoms with E-state index in [2.05, 4.69) is 4.72 Å². The molecule has 0 amide bonds. The molecule has 3 N–H and O–H groups in total. The summed E-state index contributed by atoms with van der Waals surface area (Å²) < 4.78 is 52.6. The number of nitrogen functional groups attached to an aromatic ring is 1. The monoisotopic (exact) mass is 310 g/mol. The molecule has 0 saturated carbocycles. The van der Waals surface area contributed by atoms with Gasteiger partial charge < -0.3 is 5.73 Å². The van der Waals surface area contributed by atoms with Crippen LogP contribution in [0.3, 0.4) is 0 Å². The van der Waals surface area contributed by atoms with E-state index in [0.29, 0.717) is 6.42 Å². The predicted molar refractivity (Wildman–Crippen MR) is 73.6 cm³/mol. The van der Waals surface area contributed by atoms with E-state index in [0.717, 1.165) is 12.1 Å². The van der Waals surface area contributed by atoms with Crippen LogP contribution >= 0.6 is 11.8 Å². The van der Waals surface area contributed by atoms with E-state index in [1.54, 1.807) is 11.8 Å². The van der Waals surface area contributed by atoms with Gasteiger partial charge in [0.2, 0.25) is 10.0 Å². The molecule has 1 unspecified atom stereocenters. The molecule has 0 aliphatic heterocycles. The summed E-state index contributed by atoms with van der Waals surface area (Å²) >= 11 is 1.60. The Bertz CT molecular complexity index is 550. The Labute approximate surface area is 115 Å². The van der Waals surface area contributed by atoms with E-state index in [4.69, 9.17) is 5.73 Å². The first-order valence-corrected chi connectivity index (χ1v) is 8.32. The summed E-state index contributed by atoms with van der Waals surface area (Å²) in [4.78, 5) is -0.636. The van der Waals surface area contributed by atoms with Gasteiger partial charge in [0.1, 0.15) is 16.4 Å². The summed E-state index contributed by atoms with van der Waals surface area (Å²) in [6, 6.07) is 1.69. The zero-order chi connectivity index (χ0) is 14.6. The number of benzene rings is 1. The second-order valence-electron chi connectivity index (χ2n) is 4.01. The fourth-order valence-corrected chi connectivity index (χ4v) is 2.84. The number of sulfonamides is 1. The Morgan fingerprint density at radius 3 is 2.63 bits per heavy atom. The van der Waals surface area contributed by atoms with Crippen molar-refractivity contribution in [1.82, 2.24) is 4.72 Å². The lowest BCUT2D eigenvalue weighted by Crippen LogP contribution is -2.27. The fraction of sp³-hybridized carbons (Fsp3) is 0.455. The van der Waals surface area contributed by atoms with Gasteiger partial charge in [-0.25, -0.2) is 21.9 Å². The smallest absolute Gasteiger partial charge is 0.243 e. The third-order valence-electron chi connectivity index (χ3n) is 2.63. The highest BCUT2D eigenvalue weighted by molar-refractivity contribution is 7.99. The second kappa shape index (κ2) is 6.53. The standard InChI is InChI=1S/C11H16F2N2O2S2/c1-7(18-2)5-6-15-19(16,17)9-4-3-8(12)11(14)10(9)13/h3-4,7,15H,5-6,14H2,1-2H3. The van der Waals surface area contributed by atoms with Crippen molar-refractivity contribution in [2.24, 2.45) is 0 Å². The first-order chi connectivity index (χ1) is 8.79. The Balaban J connectivity index is 2.87. The number of halogens is 2. The molecule has 0 radical (unpaired) electrons. The number of nitrogens with one attached hydrogen (secondary N) is 1. The van der Waals surface area contributed by atoms with E-state index < -0.39 is 32.2 Å². The Kier molecular flexibility index (Phi) is 5.57. The maximum absolute atomic E-state index is 13.6. The molecular formula is C11H16F2N2O2S2. The maximum atomic E-state index is 13.6. The number of hydrogen-bond donors (Lipinski definition) is 2. The third-order valence-corrected chi connectivity index (χ3v) is 5.14. The van der Waals surface area contributed by atoms with Crippen molar-refractivity contribution in [3.05, 3.63) is 23.8 Å². The van der Waals surface area contributed by atoms with E-state index in [9.17, 15) is 17.2 Å². The van der Waals surface area contributed by atoms with E-state index in [1.165, 1.54) is 0 Å². The molecule has 0 bridgehead atoms. The van der Waals surface area contributed by atoms with Gasteiger partial charge in [0.15, 0.2) is 5.82 Å². The number of rotatable bonds is 6. The van der Waals surface area contributed by atoms with Crippen LogP contribution in [-0.4, -0.2) is 26.5 Å². The quantitative estimate of drug-likeness (QED) is 0.788. The molecule has 0 aliphatic rings. The van der Waals surface area contributed by atoms with Crippen molar-refractivity contribution >= 4 is 27.5 Å². The molecule has 19 heavy (non-hydrogen) atoms. The second-order valence-corrected chi connectivity index (χ2v) is 7.02. The summed E-state index contributed by atoms with van der Waals surface area (Å²) in [7, 11) is -4.02. The van der Waals surface area contributed by atoms with Crippen LogP contribution in [0.5, 0.6) is 0 Å². The topological polar surface area (TPSA) is 72.2 Å². The van der Waals surface area contributed by atoms with Crippen molar-refractivity contribution in [2.45, 2.75) is 23.5 Å². The van der Waals surface area contributed by atoms with Crippen LogP contribution < -0.4 is 10.5 Å². The van der Waals surface area contributed by atoms with Crippen molar-refractivity contribution in [2.75, 3.05) is 18.5 Å². The van der Waals surface area contributed by atoms with Crippen LogP contribution in [0.25, 0.3) is 0 Å². The van der Waals surface area contributed by atoms with Gasteiger partial charge >= 0.3 is 0 Å². The Morgan fingerprint density at radius 2 is 2.05 bits per heavy atom. The normalized spacial score (nSPS) is 13.5. The summed E-state index contributed by atoms with van der Waals surface area (Å²) in [6.45, 7) is 2.14. The maximum Gasteiger partial charge on any atom is 0.243 e. The van der Waals surface area contributed by atoms with Crippen molar-refractivity contribution in [3.8, 4) is 0 Å². The first-order valence-electron chi connectivity index (χ1n) is 5.55. The van der Waals surface area contributed by atoms with Gasteiger partial charge in [-0.2, -0.15) is 11.8 Å². The zero-order valence-electron chi connectivity index (χ0n) is 10.6. The van der Waals surface area contributed by atoms with Gasteiger partial charge in [-0.15, -0.1) is 0 Å². The van der Waals surface area contributed by atoms with Gasteiger partial charge in [0, 0.05) is 11.8 Å². The third kappa shape index (κ3) is 4.05. The van der Waals surface area contributed by atoms with Crippen LogP contribution in [0.2, 0.25) is 0 Å². The molecule has 0 heterocycles. The van der Waals surface area contributed by atoms with Gasteiger partial charge in [0.05, 0.1) is 0 Å². The fourth-order valence-electron chi connectivity index (χ4n) is 1.35. The molecule has 4 nitrogen and oxygen atoms in total. The van der Waals surface area contributed by atoms with Crippen molar-refractivity contribution in [3.63, 3.8) is 0 Å². The molecule has 0 fully saturated rings. The molecule has 0 saturated heterocycles. The molecular weight excluding hydrogens is 294 g/mol. The largest absolute Gasteiger partial charge is 0.394 e. The average Bonchev–Trinajstić information content (AvgIpc) is 2.35. The first kappa shape index (κ1) is 16.2. The number of hydrogen-bond acceptors (Lipinski definition) is 4. The van der Waals surface area contributed by atoms with Crippen LogP contribution in [0.4, 0.5) is 14.5 Å². The van der Waals surface area contributed by atoms with Gasteiger partial charge in [-0.3, -0.25) is 0 Å². The van der Waals surface area contributed by atoms with Crippen LogP contribution in [0.15, 0.2) is 17.0 Å². The SMILES string of the molecule is CSC(C)CCNS(=O)(=O)c1ccc(F)c(N)c1F. The summed E-state index contributed by atoms with van der Waals surface area (Å²) in [5, 5.41) is 0.283. The molecule has 0 aromatic heterocycles. The molecule has 0 spiro atoms. The number of thioether (sulfide) groups is 1. The Morgan fingerprint density at radius 1 is 1.42 bits per heavy atom. The van der Waals surface area contributed by atoms with Gasteiger partial charge in [0.25, 0.3) is 0 Å². The van der Waals surface area contributed by atoms with Crippen LogP contribution in [0.1, 0.15) is 13.3 Å². The molecule has 8 heteroatoms. The van der Waals surface area contributed by atoms with Crippen LogP contribution in [-0.2, 0) is 10.0 Å². The van der Waals surface area contributed by atoms with E-state index in [1.807, 2.05) is 13.2 Å². The van der Waals surface area contributed by atoms with Gasteiger partial charge in [-0.05, 0) is 24.8 Å². The number of nitrogens with two attached hydrogens (primary N) is 1. The molecule has 1 atom stereocenters. The van der Waals surface area contributed by atoms with E-state index >= 15 is 0 Å². The van der Waals surface area contributed by atoms with Gasteiger partial charge in [-0.1, -0.05) is 6.92 Å². The highest BCUT2D eigenvalue weighted by atomic mass is 32.2. The highest BCUT2D eigenvalue weighted by Gasteiger charge is 2.22. The minimum Gasteiger partial charge on any atom is -0.394 e. The summed E-state index contributed by atoms with van der Waals surface area (Å²) in [6.07, 6.45) is 2.53. The lowest BCUT2D eigenvalue weighted by molar-refractivity contribution is 0.547. The minimum atomic E-state index is -4.02. The summed E-state index contributed by atoms with van der Waals surface area (Å²) in [5.41, 5.74) is 4.34. The average molecular weight is 310 g/mol. The predicted octanol–water partition coefficient (Wildman–Crippen LogP) is 1.97. The Hall–Kier alpha value is -0.860. The summed E-state index contributed by atoms with van der Waals surface area (Å²) in [5.74, 6) is -2.24. The minimum absolute atomic E-state index is 0.182. The lowest BCUT2D eigenvalue weighted by atomic mass is 10.3. The molecule has 0 aliphatic carbocycles.